The molecule has 0 saturated heterocycles. The number of benzene rings is 1. The van der Waals surface area contributed by atoms with Gasteiger partial charge in [-0.2, -0.15) is 0 Å². The smallest absolute Gasteiger partial charge is 0.127 e. The maximum atomic E-state index is 13.4. The van der Waals surface area contributed by atoms with E-state index in [0.717, 1.165) is 0 Å². The number of nitrogens with one attached hydrogen (secondary N) is 1. The zero-order valence-electron chi connectivity index (χ0n) is 8.70. The first-order valence-electron chi connectivity index (χ1n) is 4.57. The Hall–Kier alpha value is -0.600. The van der Waals surface area contributed by atoms with Gasteiger partial charge in [0.25, 0.3) is 0 Å². The monoisotopic (exact) mass is 215 g/mol. The molecule has 0 spiro atoms. The van der Waals surface area contributed by atoms with Gasteiger partial charge in [0.2, 0.25) is 0 Å². The van der Waals surface area contributed by atoms with Gasteiger partial charge in [-0.15, -0.1) is 0 Å². The van der Waals surface area contributed by atoms with Gasteiger partial charge in [-0.25, -0.2) is 4.39 Å². The van der Waals surface area contributed by atoms with Crippen LogP contribution in [0.1, 0.15) is 19.4 Å². The Kier molecular flexibility index (Phi) is 3.51. The standard InChI is InChI=1S/C11H15ClFN/c1-11(2,14-3)7-8-4-5-9(12)6-10(8)13/h4-6,14H,7H2,1-3H3. The van der Waals surface area contributed by atoms with Gasteiger partial charge in [0.1, 0.15) is 5.82 Å². The molecule has 0 aliphatic rings. The number of likely N-dealkylation sites (N-methyl/N-ethyl adjacent to an activating group) is 1. The molecule has 0 amide bonds. The molecule has 14 heavy (non-hydrogen) atoms. The van der Waals surface area contributed by atoms with E-state index in [1.54, 1.807) is 12.1 Å². The molecule has 1 aromatic rings. The minimum absolute atomic E-state index is 0.103. The lowest BCUT2D eigenvalue weighted by Gasteiger charge is -2.24. The molecule has 0 radical (unpaired) electrons. The minimum atomic E-state index is -0.235. The molecule has 0 heterocycles. The van der Waals surface area contributed by atoms with Crippen molar-refractivity contribution in [2.24, 2.45) is 0 Å². The second kappa shape index (κ2) is 4.28. The molecule has 3 heteroatoms. The van der Waals surface area contributed by atoms with E-state index in [-0.39, 0.29) is 11.4 Å². The van der Waals surface area contributed by atoms with E-state index in [2.05, 4.69) is 5.32 Å². The zero-order chi connectivity index (χ0) is 10.8. The van der Waals surface area contributed by atoms with Crippen molar-refractivity contribution in [1.82, 2.24) is 5.32 Å². The third-order valence-electron chi connectivity index (χ3n) is 2.32. The highest BCUT2D eigenvalue weighted by atomic mass is 35.5. The van der Waals surface area contributed by atoms with Crippen LogP contribution in [0.4, 0.5) is 4.39 Å². The topological polar surface area (TPSA) is 12.0 Å². The molecule has 0 atom stereocenters. The Morgan fingerprint density at radius 3 is 2.57 bits per heavy atom. The summed E-state index contributed by atoms with van der Waals surface area (Å²) in [5.74, 6) is -0.235. The molecular weight excluding hydrogens is 201 g/mol. The highest BCUT2D eigenvalue weighted by molar-refractivity contribution is 6.30. The predicted octanol–water partition coefficient (Wildman–Crippen LogP) is 3.02. The summed E-state index contributed by atoms with van der Waals surface area (Å²) in [7, 11) is 1.87. The summed E-state index contributed by atoms with van der Waals surface area (Å²) in [6.07, 6.45) is 0.645. The number of hydrogen-bond acceptors (Lipinski definition) is 1. The summed E-state index contributed by atoms with van der Waals surface area (Å²) in [5, 5.41) is 3.57. The molecule has 0 aliphatic heterocycles. The molecule has 78 valence electrons. The maximum Gasteiger partial charge on any atom is 0.127 e. The number of hydrogen-bond donors (Lipinski definition) is 1. The van der Waals surface area contributed by atoms with Crippen molar-refractivity contribution in [3.63, 3.8) is 0 Å². The first-order valence-corrected chi connectivity index (χ1v) is 4.95. The lowest BCUT2D eigenvalue weighted by atomic mass is 9.95. The molecule has 1 aromatic carbocycles. The van der Waals surface area contributed by atoms with Crippen LogP contribution in [0.2, 0.25) is 5.02 Å². The molecule has 0 fully saturated rings. The summed E-state index contributed by atoms with van der Waals surface area (Å²) in [6.45, 7) is 4.06. The fourth-order valence-corrected chi connectivity index (χ4v) is 1.39. The van der Waals surface area contributed by atoms with Crippen LogP contribution in [0, 0.1) is 5.82 Å². The highest BCUT2D eigenvalue weighted by Crippen LogP contribution is 2.19. The SMILES string of the molecule is CNC(C)(C)Cc1ccc(Cl)cc1F. The number of halogens is 2. The lowest BCUT2D eigenvalue weighted by Crippen LogP contribution is -2.38. The summed E-state index contributed by atoms with van der Waals surface area (Å²) in [4.78, 5) is 0. The largest absolute Gasteiger partial charge is 0.314 e. The van der Waals surface area contributed by atoms with Gasteiger partial charge in [-0.3, -0.25) is 0 Å². The van der Waals surface area contributed by atoms with Crippen molar-refractivity contribution in [3.8, 4) is 0 Å². The Morgan fingerprint density at radius 1 is 1.43 bits per heavy atom. The minimum Gasteiger partial charge on any atom is -0.314 e. The van der Waals surface area contributed by atoms with Gasteiger partial charge in [-0.05, 0) is 45.0 Å². The van der Waals surface area contributed by atoms with E-state index < -0.39 is 0 Å². The molecule has 0 unspecified atom stereocenters. The molecule has 0 aliphatic carbocycles. The fraction of sp³-hybridized carbons (Fsp3) is 0.455. The Labute approximate surface area is 89.3 Å². The molecule has 0 bridgehead atoms. The van der Waals surface area contributed by atoms with Crippen molar-refractivity contribution in [1.29, 1.82) is 0 Å². The second-order valence-corrected chi connectivity index (χ2v) is 4.48. The summed E-state index contributed by atoms with van der Waals surface area (Å²) in [6, 6.07) is 4.80. The van der Waals surface area contributed by atoms with Gasteiger partial charge in [0.15, 0.2) is 0 Å². The van der Waals surface area contributed by atoms with Crippen LogP contribution < -0.4 is 5.32 Å². The lowest BCUT2D eigenvalue weighted by molar-refractivity contribution is 0.414. The summed E-state index contributed by atoms with van der Waals surface area (Å²) < 4.78 is 13.4. The molecule has 1 nitrogen and oxygen atoms in total. The van der Waals surface area contributed by atoms with Crippen molar-refractivity contribution in [2.75, 3.05) is 7.05 Å². The molecule has 0 aromatic heterocycles. The van der Waals surface area contributed by atoms with E-state index >= 15 is 0 Å². The average Bonchev–Trinajstić information content (AvgIpc) is 2.10. The van der Waals surface area contributed by atoms with E-state index in [0.29, 0.717) is 17.0 Å². The molecule has 1 rings (SSSR count). The quantitative estimate of drug-likeness (QED) is 0.818. The second-order valence-electron chi connectivity index (χ2n) is 4.05. The first kappa shape index (κ1) is 11.5. The van der Waals surface area contributed by atoms with Gasteiger partial charge < -0.3 is 5.32 Å². The fourth-order valence-electron chi connectivity index (χ4n) is 1.23. The molecule has 0 saturated carbocycles. The first-order chi connectivity index (χ1) is 6.44. The van der Waals surface area contributed by atoms with Crippen molar-refractivity contribution < 1.29 is 4.39 Å². The molecular formula is C11H15ClFN. The van der Waals surface area contributed by atoms with Gasteiger partial charge in [0, 0.05) is 10.6 Å². The van der Waals surface area contributed by atoms with E-state index in [9.17, 15) is 4.39 Å². The zero-order valence-corrected chi connectivity index (χ0v) is 9.45. The van der Waals surface area contributed by atoms with Gasteiger partial charge in [0.05, 0.1) is 0 Å². The van der Waals surface area contributed by atoms with E-state index in [4.69, 9.17) is 11.6 Å². The van der Waals surface area contributed by atoms with Crippen LogP contribution in [0.25, 0.3) is 0 Å². The van der Waals surface area contributed by atoms with Crippen LogP contribution >= 0.6 is 11.6 Å². The van der Waals surface area contributed by atoms with Crippen LogP contribution in [-0.2, 0) is 6.42 Å². The predicted molar refractivity (Wildman–Crippen MR) is 58.3 cm³/mol. The van der Waals surface area contributed by atoms with Crippen molar-refractivity contribution in [3.05, 3.63) is 34.6 Å². The third kappa shape index (κ3) is 2.96. The Balaban J connectivity index is 2.87. The summed E-state index contributed by atoms with van der Waals surface area (Å²) >= 11 is 5.67. The van der Waals surface area contributed by atoms with Gasteiger partial charge >= 0.3 is 0 Å². The Bertz CT molecular complexity index is 323. The Morgan fingerprint density at radius 2 is 2.07 bits per heavy atom. The van der Waals surface area contributed by atoms with E-state index in [1.807, 2.05) is 20.9 Å². The maximum absolute atomic E-state index is 13.4. The van der Waals surface area contributed by atoms with Crippen LogP contribution in [-0.4, -0.2) is 12.6 Å². The third-order valence-corrected chi connectivity index (χ3v) is 2.56. The normalized spacial score (nSPS) is 11.8. The number of rotatable bonds is 3. The average molecular weight is 216 g/mol. The van der Waals surface area contributed by atoms with Crippen LogP contribution in [0.15, 0.2) is 18.2 Å². The van der Waals surface area contributed by atoms with Crippen LogP contribution in [0.5, 0.6) is 0 Å². The van der Waals surface area contributed by atoms with Crippen molar-refractivity contribution >= 4 is 11.6 Å². The van der Waals surface area contributed by atoms with Crippen LogP contribution in [0.3, 0.4) is 0 Å². The van der Waals surface area contributed by atoms with Crippen molar-refractivity contribution in [2.45, 2.75) is 25.8 Å². The van der Waals surface area contributed by atoms with Gasteiger partial charge in [-0.1, -0.05) is 17.7 Å². The molecule has 1 N–H and O–H groups in total. The van der Waals surface area contributed by atoms with E-state index in [1.165, 1.54) is 6.07 Å². The summed E-state index contributed by atoms with van der Waals surface area (Å²) in [5.41, 5.74) is 0.586. The highest BCUT2D eigenvalue weighted by Gasteiger charge is 2.17.